The zero-order chi connectivity index (χ0) is 14.1. The summed E-state index contributed by atoms with van der Waals surface area (Å²) in [6.45, 7) is 6.88. The normalized spacial score (nSPS) is 24.3. The molecule has 2 N–H and O–H groups in total. The minimum atomic E-state index is -0.464. The highest BCUT2D eigenvalue weighted by Crippen LogP contribution is 2.31. The van der Waals surface area contributed by atoms with E-state index in [0.29, 0.717) is 6.54 Å². The van der Waals surface area contributed by atoms with Crippen LogP contribution >= 0.6 is 11.3 Å². The number of nitrogens with two attached hydrogens (primary N) is 1. The summed E-state index contributed by atoms with van der Waals surface area (Å²) in [5.74, 6) is 0. The maximum absolute atomic E-state index is 12.1. The van der Waals surface area contributed by atoms with Crippen molar-refractivity contribution < 1.29 is 9.53 Å². The quantitative estimate of drug-likeness (QED) is 0.861. The minimum Gasteiger partial charge on any atom is -0.444 e. The van der Waals surface area contributed by atoms with Crippen LogP contribution in [0.1, 0.15) is 39.2 Å². The third-order valence-electron chi connectivity index (χ3n) is 3.27. The smallest absolute Gasteiger partial charge is 0.410 e. The molecule has 106 valence electrons. The van der Waals surface area contributed by atoms with Gasteiger partial charge in [-0.1, -0.05) is 0 Å². The van der Waals surface area contributed by atoms with Crippen LogP contribution in [0.2, 0.25) is 0 Å². The Bertz CT molecular complexity index is 439. The molecule has 4 nitrogen and oxygen atoms in total. The molecule has 1 aromatic rings. The van der Waals surface area contributed by atoms with E-state index < -0.39 is 11.1 Å². The molecule has 1 amide bonds. The molecular formula is C14H22N2O2S. The molecule has 1 aliphatic heterocycles. The molecule has 5 heteroatoms. The standard InChI is InChI=1S/C14H22N2O2S/c1-13(2,3)18-12(17)16-7-4-6-14(15,10-16)11-5-8-19-9-11/h5,8-9H,4,6-7,10,15H2,1-3H3. The molecule has 1 fully saturated rings. The van der Waals surface area contributed by atoms with Crippen molar-refractivity contribution in [3.63, 3.8) is 0 Å². The number of likely N-dealkylation sites (tertiary alicyclic amines) is 1. The van der Waals surface area contributed by atoms with E-state index >= 15 is 0 Å². The Morgan fingerprint density at radius 2 is 2.26 bits per heavy atom. The molecule has 1 saturated heterocycles. The van der Waals surface area contributed by atoms with Gasteiger partial charge in [-0.3, -0.25) is 0 Å². The minimum absolute atomic E-state index is 0.266. The lowest BCUT2D eigenvalue weighted by Crippen LogP contribution is -2.54. The maximum Gasteiger partial charge on any atom is 0.410 e. The third-order valence-corrected chi connectivity index (χ3v) is 3.95. The van der Waals surface area contributed by atoms with E-state index in [4.69, 9.17) is 10.5 Å². The van der Waals surface area contributed by atoms with Gasteiger partial charge in [0.2, 0.25) is 0 Å². The van der Waals surface area contributed by atoms with Crippen molar-refractivity contribution in [3.05, 3.63) is 22.4 Å². The molecular weight excluding hydrogens is 260 g/mol. The summed E-state index contributed by atoms with van der Waals surface area (Å²) in [6, 6.07) is 2.04. The Labute approximate surface area is 118 Å². The largest absolute Gasteiger partial charge is 0.444 e. The van der Waals surface area contributed by atoms with Crippen LogP contribution in [0.5, 0.6) is 0 Å². The van der Waals surface area contributed by atoms with E-state index in [9.17, 15) is 4.79 Å². The van der Waals surface area contributed by atoms with E-state index in [2.05, 4.69) is 5.38 Å². The second kappa shape index (κ2) is 5.13. The van der Waals surface area contributed by atoms with Gasteiger partial charge in [0.15, 0.2) is 0 Å². The Morgan fingerprint density at radius 3 is 2.84 bits per heavy atom. The van der Waals surface area contributed by atoms with Gasteiger partial charge in [-0.25, -0.2) is 4.79 Å². The predicted octanol–water partition coefficient (Wildman–Crippen LogP) is 2.93. The summed E-state index contributed by atoms with van der Waals surface area (Å²) in [6.07, 6.45) is 1.55. The molecule has 2 rings (SSSR count). The van der Waals surface area contributed by atoms with Gasteiger partial charge >= 0.3 is 6.09 Å². The summed E-state index contributed by atoms with van der Waals surface area (Å²) in [5, 5.41) is 4.09. The second-order valence-electron chi connectivity index (χ2n) is 6.17. The van der Waals surface area contributed by atoms with Crippen LogP contribution in [0.25, 0.3) is 0 Å². The first-order chi connectivity index (χ1) is 8.80. The number of piperidine rings is 1. The number of thiophene rings is 1. The molecule has 19 heavy (non-hydrogen) atoms. The Morgan fingerprint density at radius 1 is 1.53 bits per heavy atom. The lowest BCUT2D eigenvalue weighted by molar-refractivity contribution is 0.0137. The molecule has 0 aromatic carbocycles. The molecule has 1 atom stereocenters. The summed E-state index contributed by atoms with van der Waals surface area (Å²) in [5.41, 5.74) is 6.69. The number of amides is 1. The molecule has 0 spiro atoms. The third kappa shape index (κ3) is 3.48. The van der Waals surface area contributed by atoms with Gasteiger partial charge in [0.1, 0.15) is 5.60 Å². The Balaban J connectivity index is 2.07. The maximum atomic E-state index is 12.1. The number of rotatable bonds is 1. The highest BCUT2D eigenvalue weighted by molar-refractivity contribution is 7.08. The molecule has 0 saturated carbocycles. The van der Waals surface area contributed by atoms with Crippen LogP contribution in [-0.4, -0.2) is 29.7 Å². The summed E-state index contributed by atoms with van der Waals surface area (Å²) in [4.78, 5) is 13.9. The highest BCUT2D eigenvalue weighted by Gasteiger charge is 2.36. The van der Waals surface area contributed by atoms with E-state index in [1.165, 1.54) is 0 Å². The fourth-order valence-electron chi connectivity index (χ4n) is 2.35. The Hall–Kier alpha value is -1.07. The average molecular weight is 282 g/mol. The number of ether oxygens (including phenoxy) is 1. The number of carbonyl (C=O) groups is 1. The molecule has 1 aromatic heterocycles. The number of hydrogen-bond acceptors (Lipinski definition) is 4. The highest BCUT2D eigenvalue weighted by atomic mass is 32.1. The number of nitrogens with zero attached hydrogens (tertiary/aromatic N) is 1. The Kier molecular flexibility index (Phi) is 3.87. The lowest BCUT2D eigenvalue weighted by Gasteiger charge is -2.40. The molecule has 1 aliphatic rings. The molecule has 1 unspecified atom stereocenters. The summed E-state index contributed by atoms with van der Waals surface area (Å²) in [7, 11) is 0. The van der Waals surface area contributed by atoms with E-state index in [1.807, 2.05) is 32.2 Å². The predicted molar refractivity (Wildman–Crippen MR) is 77.2 cm³/mol. The second-order valence-corrected chi connectivity index (χ2v) is 6.95. The first kappa shape index (κ1) is 14.3. The van der Waals surface area contributed by atoms with Gasteiger partial charge in [-0.05, 0) is 56.0 Å². The van der Waals surface area contributed by atoms with Crippen LogP contribution < -0.4 is 5.73 Å². The van der Waals surface area contributed by atoms with Crippen LogP contribution in [0.4, 0.5) is 4.79 Å². The van der Waals surface area contributed by atoms with Gasteiger partial charge in [0, 0.05) is 13.1 Å². The van der Waals surface area contributed by atoms with Crippen molar-refractivity contribution >= 4 is 17.4 Å². The van der Waals surface area contributed by atoms with E-state index in [-0.39, 0.29) is 6.09 Å². The lowest BCUT2D eigenvalue weighted by atomic mass is 9.85. The van der Waals surface area contributed by atoms with Crippen molar-refractivity contribution in [2.45, 2.75) is 44.8 Å². The van der Waals surface area contributed by atoms with Crippen LogP contribution in [0.15, 0.2) is 16.8 Å². The van der Waals surface area contributed by atoms with Gasteiger partial charge < -0.3 is 15.4 Å². The summed E-state index contributed by atoms with van der Waals surface area (Å²) < 4.78 is 5.42. The van der Waals surface area contributed by atoms with Crippen molar-refractivity contribution in [2.24, 2.45) is 5.73 Å². The fourth-order valence-corrected chi connectivity index (χ4v) is 3.11. The van der Waals surface area contributed by atoms with Gasteiger partial charge in [-0.2, -0.15) is 11.3 Å². The first-order valence-corrected chi connectivity index (χ1v) is 7.54. The van der Waals surface area contributed by atoms with Crippen molar-refractivity contribution in [1.29, 1.82) is 0 Å². The van der Waals surface area contributed by atoms with Crippen molar-refractivity contribution in [3.8, 4) is 0 Å². The molecule has 2 heterocycles. The molecule has 0 bridgehead atoms. The van der Waals surface area contributed by atoms with Gasteiger partial charge in [0.25, 0.3) is 0 Å². The topological polar surface area (TPSA) is 55.6 Å². The van der Waals surface area contributed by atoms with Crippen LogP contribution in [-0.2, 0) is 10.3 Å². The van der Waals surface area contributed by atoms with Crippen LogP contribution in [0.3, 0.4) is 0 Å². The monoisotopic (exact) mass is 282 g/mol. The fraction of sp³-hybridized carbons (Fsp3) is 0.643. The van der Waals surface area contributed by atoms with Gasteiger partial charge in [-0.15, -0.1) is 0 Å². The molecule has 0 aliphatic carbocycles. The van der Waals surface area contributed by atoms with Gasteiger partial charge in [0.05, 0.1) is 5.54 Å². The van der Waals surface area contributed by atoms with Crippen LogP contribution in [0, 0.1) is 0 Å². The number of hydrogen-bond donors (Lipinski definition) is 1. The first-order valence-electron chi connectivity index (χ1n) is 6.60. The van der Waals surface area contributed by atoms with E-state index in [1.54, 1.807) is 16.2 Å². The SMILES string of the molecule is CC(C)(C)OC(=O)N1CCCC(N)(c2ccsc2)C1. The van der Waals surface area contributed by atoms with E-state index in [0.717, 1.165) is 24.9 Å². The zero-order valence-electron chi connectivity index (χ0n) is 11.8. The van der Waals surface area contributed by atoms with Crippen molar-refractivity contribution in [2.75, 3.05) is 13.1 Å². The average Bonchev–Trinajstić information content (AvgIpc) is 2.80. The number of carbonyl (C=O) groups excluding carboxylic acids is 1. The van der Waals surface area contributed by atoms with Crippen molar-refractivity contribution in [1.82, 2.24) is 4.90 Å². The summed E-state index contributed by atoms with van der Waals surface area (Å²) >= 11 is 1.64. The molecule has 0 radical (unpaired) electrons. The zero-order valence-corrected chi connectivity index (χ0v) is 12.6.